The number of sulfone groups is 1. The predicted molar refractivity (Wildman–Crippen MR) is 120 cm³/mol. The molecule has 9 heteroatoms. The largest absolute Gasteiger partial charge is 0.228 e. The zero-order chi connectivity index (χ0) is 21.0. The van der Waals surface area contributed by atoms with Crippen molar-refractivity contribution >= 4 is 44.6 Å². The summed E-state index contributed by atoms with van der Waals surface area (Å²) < 4.78 is 26.9. The second kappa shape index (κ2) is 7.52. The lowest BCUT2D eigenvalue weighted by atomic mass is 9.98. The van der Waals surface area contributed by atoms with Gasteiger partial charge >= 0.3 is 0 Å². The van der Waals surface area contributed by atoms with E-state index in [1.54, 1.807) is 28.9 Å². The third-order valence-corrected chi connectivity index (χ3v) is 9.39. The van der Waals surface area contributed by atoms with Gasteiger partial charge in [0.05, 0.1) is 16.2 Å². The van der Waals surface area contributed by atoms with Crippen LogP contribution in [0.2, 0.25) is 15.1 Å². The second-order valence-corrected chi connectivity index (χ2v) is 11.7. The van der Waals surface area contributed by atoms with E-state index >= 15 is 0 Å². The molecular weight excluding hydrogens is 465 g/mol. The van der Waals surface area contributed by atoms with Gasteiger partial charge in [-0.05, 0) is 56.0 Å². The number of fused-ring (bicyclic) bond motifs is 2. The lowest BCUT2D eigenvalue weighted by Gasteiger charge is -2.27. The van der Waals surface area contributed by atoms with E-state index < -0.39 is 9.84 Å². The van der Waals surface area contributed by atoms with E-state index in [1.807, 2.05) is 18.2 Å². The third kappa shape index (κ3) is 3.54. The van der Waals surface area contributed by atoms with Gasteiger partial charge in [0.2, 0.25) is 0 Å². The number of hydrogen-bond acceptors (Lipinski definition) is 4. The number of rotatable bonds is 3. The maximum absolute atomic E-state index is 12.6. The number of aromatic nitrogens is 3. The third-order valence-electron chi connectivity index (χ3n) is 6.01. The standard InChI is InChI=1S/C21H18Cl3N3O2S/c22-14-3-1-2-12(6-14)20-25-21(13-7-18-4-5-19(8-13)30(18,28)29)27(26-20)17-10-15(23)9-16(24)11-17/h1-3,6,9-11,13,18-19H,4-5,7-8H2/t13?,18-,19+. The van der Waals surface area contributed by atoms with Crippen molar-refractivity contribution in [3.05, 3.63) is 63.4 Å². The summed E-state index contributed by atoms with van der Waals surface area (Å²) in [5.41, 5.74) is 1.49. The molecule has 2 saturated heterocycles. The summed E-state index contributed by atoms with van der Waals surface area (Å²) in [6.07, 6.45) is 2.56. The maximum Gasteiger partial charge on any atom is 0.181 e. The minimum Gasteiger partial charge on any atom is -0.228 e. The Balaban J connectivity index is 1.64. The van der Waals surface area contributed by atoms with Crippen LogP contribution < -0.4 is 0 Å². The predicted octanol–water partition coefficient (Wildman–Crippen LogP) is 5.72. The molecule has 0 saturated carbocycles. The van der Waals surface area contributed by atoms with Crippen molar-refractivity contribution in [1.82, 2.24) is 14.8 Å². The minimum atomic E-state index is -3.03. The molecule has 30 heavy (non-hydrogen) atoms. The lowest BCUT2D eigenvalue weighted by molar-refractivity contribution is 0.488. The Labute approximate surface area is 189 Å². The van der Waals surface area contributed by atoms with Gasteiger partial charge in [0, 0.05) is 26.5 Å². The molecule has 3 atom stereocenters. The molecule has 1 aromatic heterocycles. The first-order valence-electron chi connectivity index (χ1n) is 9.73. The van der Waals surface area contributed by atoms with Crippen molar-refractivity contribution in [3.8, 4) is 17.1 Å². The Morgan fingerprint density at radius 1 is 0.900 bits per heavy atom. The van der Waals surface area contributed by atoms with Crippen LogP contribution in [-0.4, -0.2) is 33.7 Å². The SMILES string of the molecule is O=S1(=O)[C@@H]2CC[C@H]1CC(c1nc(-c3cccc(Cl)c3)nn1-c1cc(Cl)cc(Cl)c1)C2. The monoisotopic (exact) mass is 481 g/mol. The highest BCUT2D eigenvalue weighted by Crippen LogP contribution is 2.45. The van der Waals surface area contributed by atoms with Gasteiger partial charge in [0.1, 0.15) is 5.82 Å². The van der Waals surface area contributed by atoms with Crippen molar-refractivity contribution in [2.24, 2.45) is 0 Å². The molecule has 0 spiro atoms. The molecule has 3 heterocycles. The average Bonchev–Trinajstić information content (AvgIpc) is 3.14. The first kappa shape index (κ1) is 20.3. The van der Waals surface area contributed by atoms with Crippen molar-refractivity contribution in [1.29, 1.82) is 0 Å². The number of nitrogens with zero attached hydrogens (tertiary/aromatic N) is 3. The molecule has 2 aliphatic rings. The Hall–Kier alpha value is -1.60. The second-order valence-electron chi connectivity index (χ2n) is 7.92. The molecule has 2 aliphatic heterocycles. The van der Waals surface area contributed by atoms with Gasteiger partial charge in [-0.15, -0.1) is 5.10 Å². The highest BCUT2D eigenvalue weighted by Gasteiger charge is 2.48. The highest BCUT2D eigenvalue weighted by atomic mass is 35.5. The summed E-state index contributed by atoms with van der Waals surface area (Å²) in [4.78, 5) is 4.84. The van der Waals surface area contributed by atoms with Crippen molar-refractivity contribution < 1.29 is 8.42 Å². The molecule has 5 nitrogen and oxygen atoms in total. The van der Waals surface area contributed by atoms with Crippen molar-refractivity contribution in [2.75, 3.05) is 0 Å². The summed E-state index contributed by atoms with van der Waals surface area (Å²) in [5, 5.41) is 5.72. The van der Waals surface area contributed by atoms with Gasteiger partial charge in [-0.1, -0.05) is 46.9 Å². The van der Waals surface area contributed by atoms with Crippen LogP contribution in [0.25, 0.3) is 17.1 Å². The molecule has 156 valence electrons. The van der Waals surface area contributed by atoms with E-state index in [0.717, 1.165) is 24.2 Å². The van der Waals surface area contributed by atoms with E-state index in [4.69, 9.17) is 44.9 Å². The lowest BCUT2D eigenvalue weighted by Crippen LogP contribution is -2.33. The van der Waals surface area contributed by atoms with Crippen LogP contribution in [0.15, 0.2) is 42.5 Å². The van der Waals surface area contributed by atoms with Crippen molar-refractivity contribution in [3.63, 3.8) is 0 Å². The number of benzene rings is 2. The summed E-state index contributed by atoms with van der Waals surface area (Å²) in [7, 11) is -3.03. The van der Waals surface area contributed by atoms with E-state index in [0.29, 0.717) is 39.4 Å². The molecule has 2 bridgehead atoms. The average molecular weight is 483 g/mol. The van der Waals surface area contributed by atoms with Crippen LogP contribution in [0.1, 0.15) is 37.4 Å². The van der Waals surface area contributed by atoms with Crippen LogP contribution in [0.3, 0.4) is 0 Å². The summed E-state index contributed by atoms with van der Waals surface area (Å²) in [6.45, 7) is 0. The molecule has 2 fully saturated rings. The Kier molecular flexibility index (Phi) is 5.09. The van der Waals surface area contributed by atoms with Crippen LogP contribution in [0.4, 0.5) is 0 Å². The maximum atomic E-state index is 12.6. The van der Waals surface area contributed by atoms with Gasteiger partial charge in [-0.3, -0.25) is 0 Å². The molecule has 0 N–H and O–H groups in total. The summed E-state index contributed by atoms with van der Waals surface area (Å²) in [5.74, 6) is 1.25. The van der Waals surface area contributed by atoms with Gasteiger partial charge < -0.3 is 0 Å². The Bertz CT molecular complexity index is 1200. The molecule has 5 rings (SSSR count). The molecule has 2 aromatic carbocycles. The van der Waals surface area contributed by atoms with Crippen LogP contribution in [0.5, 0.6) is 0 Å². The van der Waals surface area contributed by atoms with Crippen molar-refractivity contribution in [2.45, 2.75) is 42.1 Å². The molecule has 1 unspecified atom stereocenters. The topological polar surface area (TPSA) is 64.8 Å². The van der Waals surface area contributed by atoms with Gasteiger partial charge in [0.15, 0.2) is 15.7 Å². The summed E-state index contributed by atoms with van der Waals surface area (Å²) in [6, 6.07) is 12.6. The summed E-state index contributed by atoms with van der Waals surface area (Å²) >= 11 is 18.6. The van der Waals surface area contributed by atoms with Crippen LogP contribution in [-0.2, 0) is 9.84 Å². The normalized spacial score (nSPS) is 24.8. The Morgan fingerprint density at radius 2 is 1.57 bits per heavy atom. The fraction of sp³-hybridized carbons (Fsp3) is 0.333. The number of halogens is 3. The zero-order valence-corrected chi connectivity index (χ0v) is 18.9. The van der Waals surface area contributed by atoms with E-state index in [1.165, 1.54) is 0 Å². The highest BCUT2D eigenvalue weighted by molar-refractivity contribution is 7.93. The van der Waals surface area contributed by atoms with Gasteiger partial charge in [-0.2, -0.15) is 0 Å². The van der Waals surface area contributed by atoms with E-state index in [-0.39, 0.29) is 16.4 Å². The molecule has 0 aliphatic carbocycles. The van der Waals surface area contributed by atoms with Gasteiger partial charge in [-0.25, -0.2) is 18.1 Å². The quantitative estimate of drug-likeness (QED) is 0.479. The number of hydrogen-bond donors (Lipinski definition) is 0. The van der Waals surface area contributed by atoms with Gasteiger partial charge in [0.25, 0.3) is 0 Å². The van der Waals surface area contributed by atoms with E-state index in [9.17, 15) is 8.42 Å². The van der Waals surface area contributed by atoms with Crippen LogP contribution >= 0.6 is 34.8 Å². The first-order valence-corrected chi connectivity index (χ1v) is 12.5. The fourth-order valence-electron chi connectivity index (χ4n) is 4.61. The molecule has 0 amide bonds. The minimum absolute atomic E-state index is 0.00998. The van der Waals surface area contributed by atoms with E-state index in [2.05, 4.69) is 0 Å². The fourth-order valence-corrected chi connectivity index (χ4v) is 7.79. The zero-order valence-electron chi connectivity index (χ0n) is 15.8. The Morgan fingerprint density at radius 3 is 2.20 bits per heavy atom. The first-order chi connectivity index (χ1) is 14.3. The molecule has 3 aromatic rings. The molecular formula is C21H18Cl3N3O2S. The smallest absolute Gasteiger partial charge is 0.181 e. The van der Waals surface area contributed by atoms with Crippen LogP contribution in [0, 0.1) is 0 Å². The molecule has 0 radical (unpaired) electrons.